The van der Waals surface area contributed by atoms with Gasteiger partial charge in [-0.05, 0) is 139 Å². The number of halogens is 2. The fourth-order valence-electron chi connectivity index (χ4n) is 8.38. The van der Waals surface area contributed by atoms with E-state index < -0.39 is 55.5 Å². The van der Waals surface area contributed by atoms with Gasteiger partial charge in [-0.25, -0.2) is 25.6 Å². The lowest BCUT2D eigenvalue weighted by Crippen LogP contribution is -2.46. The number of carboxylic acid groups (broad SMARTS) is 2. The maximum Gasteiger partial charge on any atom is 0.319 e. The third-order valence-electron chi connectivity index (χ3n) is 11.8. The molecule has 1 fully saturated rings. The second-order valence-corrected chi connectivity index (χ2v) is 19.6. The fourth-order valence-corrected chi connectivity index (χ4v) is 11.3. The largest absolute Gasteiger partial charge is 0.481 e. The van der Waals surface area contributed by atoms with Crippen molar-refractivity contribution < 1.29 is 54.9 Å². The van der Waals surface area contributed by atoms with E-state index in [0.717, 1.165) is 0 Å². The summed E-state index contributed by atoms with van der Waals surface area (Å²) in [6.45, 7) is 8.78. The van der Waals surface area contributed by atoms with Gasteiger partial charge in [0.2, 0.25) is 20.0 Å². The molecule has 0 saturated carbocycles. The average Bonchev–Trinajstić information content (AvgIpc) is 3.25. The summed E-state index contributed by atoms with van der Waals surface area (Å²) in [5, 5.41) is 23.1. The molecule has 6 aromatic rings. The van der Waals surface area contributed by atoms with Crippen LogP contribution in [0.4, 0.5) is 8.78 Å². The van der Waals surface area contributed by atoms with Gasteiger partial charge in [-0.3, -0.25) is 9.59 Å². The van der Waals surface area contributed by atoms with Crippen molar-refractivity contribution in [2.45, 2.75) is 49.3 Å². The van der Waals surface area contributed by atoms with E-state index in [0.29, 0.717) is 37.0 Å². The number of carbonyl (C=O) groups is 2. The van der Waals surface area contributed by atoms with Gasteiger partial charge >= 0.3 is 11.9 Å². The minimum atomic E-state index is -3.84. The Kier molecular flexibility index (Phi) is 12.9. The van der Waals surface area contributed by atoms with Crippen LogP contribution in [-0.4, -0.2) is 98.8 Å². The molecule has 6 aromatic carbocycles. The molecule has 0 amide bonds. The zero-order valence-corrected chi connectivity index (χ0v) is 37.4. The molecule has 1 atom stereocenters. The van der Waals surface area contributed by atoms with Crippen LogP contribution in [0.5, 0.6) is 23.0 Å². The Bertz CT molecular complexity index is 3010. The lowest BCUT2D eigenvalue weighted by atomic mass is 9.68. The van der Waals surface area contributed by atoms with Gasteiger partial charge in [0.15, 0.2) is 0 Å². The van der Waals surface area contributed by atoms with Crippen LogP contribution in [0.15, 0.2) is 107 Å². The number of sulfonamides is 2. The van der Waals surface area contributed by atoms with E-state index >= 15 is 0 Å². The smallest absolute Gasteiger partial charge is 0.319 e. The van der Waals surface area contributed by atoms with Crippen LogP contribution in [0.2, 0.25) is 0 Å². The van der Waals surface area contributed by atoms with Crippen molar-refractivity contribution in [2.75, 3.05) is 46.3 Å². The van der Waals surface area contributed by atoms with Crippen LogP contribution in [0.1, 0.15) is 42.5 Å². The molecule has 7 rings (SSSR count). The number of aliphatic carboxylic acids is 2. The van der Waals surface area contributed by atoms with Crippen LogP contribution in [0.25, 0.3) is 21.5 Å². The normalized spacial score (nSPS) is 15.1. The van der Waals surface area contributed by atoms with Gasteiger partial charge < -0.3 is 24.6 Å². The Morgan fingerprint density at radius 1 is 0.672 bits per heavy atom. The van der Waals surface area contributed by atoms with Crippen LogP contribution < -0.4 is 9.47 Å². The lowest BCUT2D eigenvalue weighted by Gasteiger charge is -2.34. The van der Waals surface area contributed by atoms with Crippen LogP contribution >= 0.6 is 0 Å². The molecule has 17 heteroatoms. The van der Waals surface area contributed by atoms with Crippen molar-refractivity contribution >= 4 is 53.5 Å². The number of ether oxygens (including phenoxy) is 2. The number of carboxylic acids is 2. The molecule has 1 saturated heterocycles. The van der Waals surface area contributed by atoms with Crippen LogP contribution in [-0.2, 0) is 35.1 Å². The van der Waals surface area contributed by atoms with E-state index in [1.807, 2.05) is 11.9 Å². The van der Waals surface area contributed by atoms with Gasteiger partial charge in [0.1, 0.15) is 40.0 Å². The fraction of sp³-hybridized carbons (Fsp3) is 0.277. The number of hydrogen-bond donors (Lipinski definition) is 2. The number of fused-ring (bicyclic) bond motifs is 2. The van der Waals surface area contributed by atoms with E-state index in [-0.39, 0.29) is 78.9 Å². The highest BCUT2D eigenvalue weighted by Gasteiger charge is 2.48. The monoisotopic (exact) mass is 915 g/mol. The first kappa shape index (κ1) is 46.0. The number of benzene rings is 6. The number of rotatable bonds is 15. The van der Waals surface area contributed by atoms with Crippen molar-refractivity contribution in [3.63, 3.8) is 0 Å². The summed E-state index contributed by atoms with van der Waals surface area (Å²) >= 11 is 0. The first-order valence-electron chi connectivity index (χ1n) is 20.5. The number of piperazine rings is 1. The minimum absolute atomic E-state index is 0.00516. The summed E-state index contributed by atoms with van der Waals surface area (Å²) in [7, 11) is -5.75. The van der Waals surface area contributed by atoms with E-state index in [2.05, 4.69) is 0 Å². The van der Waals surface area contributed by atoms with Crippen molar-refractivity contribution in [2.24, 2.45) is 0 Å². The third kappa shape index (κ3) is 8.53. The molecule has 1 unspecified atom stereocenters. The molecular weight excluding hydrogens is 869 g/mol. The van der Waals surface area contributed by atoms with Gasteiger partial charge in [0.05, 0.1) is 16.2 Å². The van der Waals surface area contributed by atoms with Crippen molar-refractivity contribution in [3.8, 4) is 23.0 Å². The molecule has 336 valence electrons. The molecular formula is C47H47F2N3O10S2. The zero-order chi connectivity index (χ0) is 46.3. The summed E-state index contributed by atoms with van der Waals surface area (Å²) in [5.41, 5.74) is -2.16. The van der Waals surface area contributed by atoms with Crippen molar-refractivity contribution in [1.82, 2.24) is 13.5 Å². The number of nitrogens with zero attached hydrogens (tertiary/aromatic N) is 3. The predicted molar refractivity (Wildman–Crippen MR) is 237 cm³/mol. The van der Waals surface area contributed by atoms with E-state index in [1.54, 1.807) is 13.8 Å². The molecule has 64 heavy (non-hydrogen) atoms. The number of likely N-dealkylation sites (N-methyl/N-ethyl adjacent to an activating group) is 1. The zero-order valence-electron chi connectivity index (χ0n) is 35.8. The van der Waals surface area contributed by atoms with Gasteiger partial charge in [-0.1, -0.05) is 26.0 Å². The van der Waals surface area contributed by atoms with Gasteiger partial charge in [-0.15, -0.1) is 0 Å². The summed E-state index contributed by atoms with van der Waals surface area (Å²) in [6.07, 6.45) is -1.00. The molecule has 1 aliphatic rings. The van der Waals surface area contributed by atoms with Crippen LogP contribution in [0, 0.1) is 25.5 Å². The summed E-state index contributed by atoms with van der Waals surface area (Å²) in [6, 6.07) is 21.7. The molecule has 0 aliphatic carbocycles. The lowest BCUT2D eigenvalue weighted by molar-refractivity contribution is -0.148. The molecule has 0 bridgehead atoms. The van der Waals surface area contributed by atoms with E-state index in [9.17, 15) is 45.4 Å². The standard InChI is InChI=1S/C47H47F2N3O10S2/c1-6-51(7-2)63(57,58)37-16-12-35(13-17-37)61-44-29(3)41(24-31-8-10-33(48)26-39(31)44)47(46(55)56,28-43(53)54)42-25-32-9-11-34(49)27-40(32)45(30(42)4)62-36-14-18-38(19-15-36)64(59,60)52-22-20-50(5)21-23-52/h8-19,24-27H,6-7,20-23,28H2,1-5H3,(H,53,54)(H,55,56). The Morgan fingerprint density at radius 3 is 1.52 bits per heavy atom. The van der Waals surface area contributed by atoms with Crippen molar-refractivity contribution in [1.29, 1.82) is 0 Å². The van der Waals surface area contributed by atoms with Crippen molar-refractivity contribution in [3.05, 3.63) is 131 Å². The molecule has 0 spiro atoms. The number of hydrogen-bond acceptors (Lipinski definition) is 9. The molecule has 0 radical (unpaired) electrons. The molecule has 1 aliphatic heterocycles. The third-order valence-corrected chi connectivity index (χ3v) is 15.8. The summed E-state index contributed by atoms with van der Waals surface area (Å²) < 4.78 is 98.9. The summed E-state index contributed by atoms with van der Waals surface area (Å²) in [4.78, 5) is 29.1. The highest BCUT2D eigenvalue weighted by Crippen LogP contribution is 2.49. The highest BCUT2D eigenvalue weighted by molar-refractivity contribution is 7.89. The molecule has 0 aromatic heterocycles. The predicted octanol–water partition coefficient (Wildman–Crippen LogP) is 8.28. The Balaban J connectivity index is 1.40. The van der Waals surface area contributed by atoms with Gasteiger partial charge in [-0.2, -0.15) is 8.61 Å². The quantitative estimate of drug-likeness (QED) is 0.102. The topological polar surface area (TPSA) is 171 Å². The first-order chi connectivity index (χ1) is 30.3. The average molecular weight is 916 g/mol. The Morgan fingerprint density at radius 2 is 1.11 bits per heavy atom. The molecule has 13 nitrogen and oxygen atoms in total. The molecule has 1 heterocycles. The molecule has 2 N–H and O–H groups in total. The minimum Gasteiger partial charge on any atom is -0.481 e. The van der Waals surface area contributed by atoms with E-state index in [4.69, 9.17) is 9.47 Å². The maximum absolute atomic E-state index is 15.0. The second kappa shape index (κ2) is 17.9. The van der Waals surface area contributed by atoms with Crippen LogP contribution in [0.3, 0.4) is 0 Å². The first-order valence-corrected chi connectivity index (χ1v) is 23.4. The van der Waals surface area contributed by atoms with E-state index in [1.165, 1.54) is 120 Å². The SMILES string of the molecule is CCN(CC)S(=O)(=O)c1ccc(Oc2c(C)c(C(CC(=O)O)(C(=O)O)c3cc4ccc(F)cc4c(Oc4ccc(S(=O)(=O)N5CCN(C)CC5)cc4)c3C)cc3ccc(F)cc23)cc1. The summed E-state index contributed by atoms with van der Waals surface area (Å²) in [5.74, 6) is -4.06. The Hall–Kier alpha value is -5.98. The highest BCUT2D eigenvalue weighted by atomic mass is 32.2. The van der Waals surface area contributed by atoms with Gasteiger partial charge in [0, 0.05) is 50.0 Å². The Labute approximate surface area is 370 Å². The maximum atomic E-state index is 15.0. The van der Waals surface area contributed by atoms with Gasteiger partial charge in [0.25, 0.3) is 0 Å². The second-order valence-electron chi connectivity index (χ2n) is 15.7.